The maximum Gasteiger partial charge on any atom is 0.219 e. The van der Waals surface area contributed by atoms with Gasteiger partial charge in [-0.3, -0.25) is 0 Å². The number of hydrogen-bond acceptors (Lipinski definition) is 2. The molecule has 0 aliphatic carbocycles. The Morgan fingerprint density at radius 2 is 1.67 bits per heavy atom. The summed E-state index contributed by atoms with van der Waals surface area (Å²) in [7, 11) is 1.88. The molecule has 0 bridgehead atoms. The van der Waals surface area contributed by atoms with Gasteiger partial charge >= 0.3 is 0 Å². The molecule has 0 saturated carbocycles. The highest BCUT2D eigenvalue weighted by Gasteiger charge is 2.24. The highest BCUT2D eigenvalue weighted by atomic mass is 19.1. The van der Waals surface area contributed by atoms with Gasteiger partial charge in [0.2, 0.25) is 5.69 Å². The Hall–Kier alpha value is -4.48. The number of benzene rings is 3. The molecular formula is C28H19FN3O+. The Kier molecular flexibility index (Phi) is 4.69. The van der Waals surface area contributed by atoms with Crippen LogP contribution in [0.25, 0.3) is 49.2 Å². The van der Waals surface area contributed by atoms with Crippen LogP contribution in [0.15, 0.2) is 65.2 Å². The molecule has 0 atom stereocenters. The van der Waals surface area contributed by atoms with Gasteiger partial charge in [0.05, 0.1) is 23.8 Å². The maximum atomic E-state index is 14.5. The molecule has 0 amide bonds. The van der Waals surface area contributed by atoms with Gasteiger partial charge in [-0.05, 0) is 37.1 Å². The zero-order chi connectivity index (χ0) is 23.3. The van der Waals surface area contributed by atoms with Crippen LogP contribution >= 0.6 is 0 Å². The molecule has 0 aliphatic heterocycles. The third-order valence-corrected chi connectivity index (χ3v) is 6.10. The van der Waals surface area contributed by atoms with E-state index in [1.165, 1.54) is 6.07 Å². The summed E-state index contributed by atoms with van der Waals surface area (Å²) >= 11 is 0. The molecule has 3 aromatic carbocycles. The molecular weight excluding hydrogens is 413 g/mol. The van der Waals surface area contributed by atoms with Gasteiger partial charge in [-0.15, -0.1) is 0 Å². The zero-order valence-electron chi connectivity index (χ0n) is 18.4. The first-order valence-electron chi connectivity index (χ1n) is 10.5. The number of halogens is 1. The van der Waals surface area contributed by atoms with Crippen molar-refractivity contribution in [2.45, 2.75) is 13.8 Å². The molecule has 5 aromatic rings. The molecule has 0 unspecified atom stereocenters. The van der Waals surface area contributed by atoms with Gasteiger partial charge in [0.25, 0.3) is 0 Å². The summed E-state index contributed by atoms with van der Waals surface area (Å²) in [5.41, 5.74) is 6.31. The summed E-state index contributed by atoms with van der Waals surface area (Å²) in [5, 5.41) is 11.5. The van der Waals surface area contributed by atoms with Crippen LogP contribution in [0.1, 0.15) is 16.7 Å². The van der Waals surface area contributed by atoms with Gasteiger partial charge in [0, 0.05) is 28.0 Å². The molecule has 33 heavy (non-hydrogen) atoms. The standard InChI is InChI=1S/C28H19FN3O/c1-16-9-11-19-20-12-10-18(14-30)26(21-7-5-6-8-23(21)31-3)28(20)33-27(19)25(16)24-13-22(29)17(2)15-32(24)4/h5-13,15H,1-2,4H3/q+1. The van der Waals surface area contributed by atoms with E-state index in [0.29, 0.717) is 44.8 Å². The average Bonchev–Trinajstić information content (AvgIpc) is 3.19. The fourth-order valence-electron chi connectivity index (χ4n) is 4.47. The topological polar surface area (TPSA) is 45.2 Å². The van der Waals surface area contributed by atoms with Crippen LogP contribution in [-0.4, -0.2) is 0 Å². The summed E-state index contributed by atoms with van der Waals surface area (Å²) in [6.07, 6.45) is 1.76. The molecule has 2 heterocycles. The van der Waals surface area contributed by atoms with E-state index in [9.17, 15) is 9.65 Å². The molecule has 0 spiro atoms. The number of aromatic nitrogens is 1. The van der Waals surface area contributed by atoms with Gasteiger partial charge in [-0.25, -0.2) is 13.8 Å². The Labute approximate surface area is 190 Å². The largest absolute Gasteiger partial charge is 0.455 e. The number of pyridine rings is 1. The second-order valence-electron chi connectivity index (χ2n) is 8.14. The Balaban J connectivity index is 1.94. The van der Waals surface area contributed by atoms with Crippen LogP contribution < -0.4 is 4.57 Å². The van der Waals surface area contributed by atoms with Gasteiger partial charge in [-0.1, -0.05) is 36.4 Å². The minimum absolute atomic E-state index is 0.283. The first kappa shape index (κ1) is 20.4. The van der Waals surface area contributed by atoms with Crippen molar-refractivity contribution in [3.05, 3.63) is 94.7 Å². The lowest BCUT2D eigenvalue weighted by atomic mass is 9.95. The number of fused-ring (bicyclic) bond motifs is 3. The minimum Gasteiger partial charge on any atom is -0.455 e. The first-order valence-corrected chi connectivity index (χ1v) is 10.5. The highest BCUT2D eigenvalue weighted by molar-refractivity contribution is 6.14. The van der Waals surface area contributed by atoms with Crippen LogP contribution in [0.4, 0.5) is 10.1 Å². The van der Waals surface area contributed by atoms with Gasteiger partial charge < -0.3 is 4.42 Å². The minimum atomic E-state index is -0.283. The number of hydrogen-bond donors (Lipinski definition) is 0. The van der Waals surface area contributed by atoms with Crippen LogP contribution in [-0.2, 0) is 7.05 Å². The molecule has 0 aliphatic rings. The van der Waals surface area contributed by atoms with E-state index in [4.69, 9.17) is 11.0 Å². The van der Waals surface area contributed by atoms with E-state index < -0.39 is 0 Å². The number of nitriles is 1. The number of para-hydroxylation sites is 1. The molecule has 5 heteroatoms. The predicted molar refractivity (Wildman–Crippen MR) is 126 cm³/mol. The second-order valence-corrected chi connectivity index (χ2v) is 8.14. The monoisotopic (exact) mass is 432 g/mol. The maximum absolute atomic E-state index is 14.5. The number of furan rings is 1. The molecule has 0 saturated heterocycles. The highest BCUT2D eigenvalue weighted by Crippen LogP contribution is 2.43. The fraction of sp³-hybridized carbons (Fsp3) is 0.107. The van der Waals surface area contributed by atoms with Crippen molar-refractivity contribution in [1.82, 2.24) is 0 Å². The van der Waals surface area contributed by atoms with Crippen molar-refractivity contribution in [3.63, 3.8) is 0 Å². The lowest BCUT2D eigenvalue weighted by Crippen LogP contribution is -2.31. The summed E-state index contributed by atoms with van der Waals surface area (Å²) in [4.78, 5) is 3.65. The number of aryl methyl sites for hydroxylation is 3. The van der Waals surface area contributed by atoms with Crippen molar-refractivity contribution < 1.29 is 13.4 Å². The molecule has 2 aromatic heterocycles. The molecule has 0 N–H and O–H groups in total. The molecule has 4 nitrogen and oxygen atoms in total. The normalized spacial score (nSPS) is 11.0. The van der Waals surface area contributed by atoms with Crippen LogP contribution in [0.3, 0.4) is 0 Å². The lowest BCUT2D eigenvalue weighted by molar-refractivity contribution is -0.661. The zero-order valence-corrected chi connectivity index (χ0v) is 18.4. The van der Waals surface area contributed by atoms with E-state index in [1.807, 2.05) is 48.9 Å². The van der Waals surface area contributed by atoms with E-state index in [0.717, 1.165) is 21.9 Å². The van der Waals surface area contributed by atoms with Crippen molar-refractivity contribution >= 4 is 27.6 Å². The Morgan fingerprint density at radius 1 is 0.970 bits per heavy atom. The van der Waals surface area contributed by atoms with Crippen LogP contribution in [0.5, 0.6) is 0 Å². The number of nitrogens with zero attached hydrogens (tertiary/aromatic N) is 3. The van der Waals surface area contributed by atoms with Crippen molar-refractivity contribution in [2.75, 3.05) is 0 Å². The molecule has 0 radical (unpaired) electrons. The molecule has 0 fully saturated rings. The summed E-state index contributed by atoms with van der Waals surface area (Å²) < 4.78 is 22.9. The van der Waals surface area contributed by atoms with Crippen LogP contribution in [0, 0.1) is 37.6 Å². The summed E-state index contributed by atoms with van der Waals surface area (Å²) in [5.74, 6) is -0.283. The first-order chi connectivity index (χ1) is 15.9. The van der Waals surface area contributed by atoms with Crippen molar-refractivity contribution in [2.24, 2.45) is 7.05 Å². The Bertz CT molecular complexity index is 1680. The van der Waals surface area contributed by atoms with Crippen molar-refractivity contribution in [1.29, 1.82) is 5.26 Å². The smallest absolute Gasteiger partial charge is 0.219 e. The van der Waals surface area contributed by atoms with E-state index in [2.05, 4.69) is 10.9 Å². The Morgan fingerprint density at radius 3 is 2.39 bits per heavy atom. The third kappa shape index (κ3) is 3.06. The average molecular weight is 432 g/mol. The quantitative estimate of drug-likeness (QED) is 0.224. The second kappa shape index (κ2) is 7.58. The SMILES string of the molecule is [C-]#[N+]c1ccccc1-c1c(C#N)ccc2c1oc1c(-c3cc(F)c(C)c[n+]3C)c(C)ccc12. The summed E-state index contributed by atoms with van der Waals surface area (Å²) in [6.45, 7) is 11.3. The van der Waals surface area contributed by atoms with Gasteiger partial charge in [0.1, 0.15) is 24.0 Å². The van der Waals surface area contributed by atoms with E-state index in [1.54, 1.807) is 31.3 Å². The van der Waals surface area contributed by atoms with E-state index >= 15 is 0 Å². The predicted octanol–water partition coefficient (Wildman–Crippen LogP) is 6.92. The molecule has 158 valence electrons. The van der Waals surface area contributed by atoms with E-state index in [-0.39, 0.29) is 5.82 Å². The van der Waals surface area contributed by atoms with Gasteiger partial charge in [-0.2, -0.15) is 5.26 Å². The fourth-order valence-corrected chi connectivity index (χ4v) is 4.47. The summed E-state index contributed by atoms with van der Waals surface area (Å²) in [6, 6.07) is 18.6. The lowest BCUT2D eigenvalue weighted by Gasteiger charge is -2.07. The van der Waals surface area contributed by atoms with Gasteiger partial charge in [0.15, 0.2) is 11.9 Å². The van der Waals surface area contributed by atoms with Crippen molar-refractivity contribution in [3.8, 4) is 28.5 Å². The third-order valence-electron chi connectivity index (χ3n) is 6.10. The van der Waals surface area contributed by atoms with Crippen LogP contribution in [0.2, 0.25) is 0 Å². The molecule has 5 rings (SSSR count). The number of rotatable bonds is 2.